The number of hydrogen-bond donors (Lipinski definition) is 2. The fraction of sp³-hybridized carbons (Fsp3) is 0.278. The lowest BCUT2D eigenvalue weighted by atomic mass is 9.84. The van der Waals surface area contributed by atoms with Crippen LogP contribution in [0.1, 0.15) is 33.5 Å². The fourth-order valence-corrected chi connectivity index (χ4v) is 4.64. The van der Waals surface area contributed by atoms with Crippen molar-refractivity contribution in [3.63, 3.8) is 0 Å². The SMILES string of the molecule is Cc1cc2c(c(C(=O)O)c1)CCC(NS(=O)(=O)c1ccc(Cl)cc1)C2. The molecule has 0 aromatic heterocycles. The molecule has 5 nitrogen and oxygen atoms in total. The zero-order chi connectivity index (χ0) is 18.2. The third-order valence-electron chi connectivity index (χ3n) is 4.37. The first kappa shape index (κ1) is 17.9. The minimum Gasteiger partial charge on any atom is -0.478 e. The number of fused-ring (bicyclic) bond motifs is 1. The Morgan fingerprint density at radius 3 is 2.56 bits per heavy atom. The summed E-state index contributed by atoms with van der Waals surface area (Å²) in [6.07, 6.45) is 1.57. The van der Waals surface area contributed by atoms with Gasteiger partial charge in [-0.2, -0.15) is 0 Å². The van der Waals surface area contributed by atoms with Crippen molar-refractivity contribution >= 4 is 27.6 Å². The van der Waals surface area contributed by atoms with Crippen LogP contribution in [0, 0.1) is 6.92 Å². The van der Waals surface area contributed by atoms with E-state index >= 15 is 0 Å². The molecule has 1 unspecified atom stereocenters. The van der Waals surface area contributed by atoms with Gasteiger partial charge in [-0.25, -0.2) is 17.9 Å². The Bertz CT molecular complexity index is 923. The van der Waals surface area contributed by atoms with Gasteiger partial charge < -0.3 is 5.11 Å². The zero-order valence-electron chi connectivity index (χ0n) is 13.6. The van der Waals surface area contributed by atoms with Crippen molar-refractivity contribution < 1.29 is 18.3 Å². The van der Waals surface area contributed by atoms with E-state index in [2.05, 4.69) is 4.72 Å². The van der Waals surface area contributed by atoms with Crippen LogP contribution in [-0.4, -0.2) is 25.5 Å². The van der Waals surface area contributed by atoms with Crippen molar-refractivity contribution in [3.8, 4) is 0 Å². The lowest BCUT2D eigenvalue weighted by Gasteiger charge is -2.27. The molecular formula is C18H18ClNO4S. The van der Waals surface area contributed by atoms with Crippen molar-refractivity contribution in [1.29, 1.82) is 0 Å². The Kier molecular flexibility index (Phi) is 4.86. The average molecular weight is 380 g/mol. The van der Waals surface area contributed by atoms with E-state index in [0.29, 0.717) is 29.8 Å². The molecule has 1 atom stereocenters. The second-order valence-corrected chi connectivity index (χ2v) is 8.42. The molecule has 2 aromatic rings. The molecule has 0 fully saturated rings. The first-order valence-electron chi connectivity index (χ1n) is 7.90. The third kappa shape index (κ3) is 3.86. The summed E-state index contributed by atoms with van der Waals surface area (Å²) in [6.45, 7) is 1.84. The van der Waals surface area contributed by atoms with E-state index in [4.69, 9.17) is 11.6 Å². The van der Waals surface area contributed by atoms with Gasteiger partial charge in [0.25, 0.3) is 0 Å². The molecule has 0 bridgehead atoms. The number of rotatable bonds is 4. The number of carbonyl (C=O) groups is 1. The zero-order valence-corrected chi connectivity index (χ0v) is 15.2. The van der Waals surface area contributed by atoms with Crippen LogP contribution in [0.2, 0.25) is 5.02 Å². The van der Waals surface area contributed by atoms with Gasteiger partial charge in [0.15, 0.2) is 0 Å². The average Bonchev–Trinajstić information content (AvgIpc) is 2.53. The minimum atomic E-state index is -3.64. The summed E-state index contributed by atoms with van der Waals surface area (Å²) in [5.74, 6) is -0.944. The molecule has 3 rings (SSSR count). The molecule has 0 saturated carbocycles. The molecule has 1 aliphatic carbocycles. The highest BCUT2D eigenvalue weighted by Gasteiger charge is 2.27. The number of nitrogens with one attached hydrogen (secondary N) is 1. The van der Waals surface area contributed by atoms with Gasteiger partial charge in [0.05, 0.1) is 10.5 Å². The van der Waals surface area contributed by atoms with Gasteiger partial charge in [0, 0.05) is 11.1 Å². The van der Waals surface area contributed by atoms with Gasteiger partial charge in [-0.15, -0.1) is 0 Å². The predicted molar refractivity (Wildman–Crippen MR) is 95.7 cm³/mol. The van der Waals surface area contributed by atoms with Crippen LogP contribution in [0.5, 0.6) is 0 Å². The summed E-state index contributed by atoms with van der Waals surface area (Å²) >= 11 is 5.80. The second-order valence-electron chi connectivity index (χ2n) is 6.27. The number of benzene rings is 2. The van der Waals surface area contributed by atoms with Crippen LogP contribution in [0.3, 0.4) is 0 Å². The summed E-state index contributed by atoms with van der Waals surface area (Å²) in [6, 6.07) is 9.34. The number of aromatic carboxylic acids is 1. The van der Waals surface area contributed by atoms with E-state index in [1.54, 1.807) is 6.07 Å². The Labute approximate surface area is 151 Å². The predicted octanol–water partition coefficient (Wildman–Crippen LogP) is 3.18. The van der Waals surface area contributed by atoms with Gasteiger partial charge in [0.1, 0.15) is 0 Å². The van der Waals surface area contributed by atoms with Crippen LogP contribution in [0.15, 0.2) is 41.3 Å². The highest BCUT2D eigenvalue weighted by molar-refractivity contribution is 7.89. The van der Waals surface area contributed by atoms with Crippen LogP contribution < -0.4 is 4.72 Å². The van der Waals surface area contributed by atoms with Crippen LogP contribution in [0.25, 0.3) is 0 Å². The Morgan fingerprint density at radius 1 is 1.24 bits per heavy atom. The van der Waals surface area contributed by atoms with Gasteiger partial charge in [0.2, 0.25) is 10.0 Å². The lowest BCUT2D eigenvalue weighted by molar-refractivity contribution is 0.0695. The molecule has 1 aliphatic rings. The number of sulfonamides is 1. The fourth-order valence-electron chi connectivity index (χ4n) is 3.25. The number of halogens is 1. The molecule has 0 aliphatic heterocycles. The van der Waals surface area contributed by atoms with Crippen molar-refractivity contribution in [2.75, 3.05) is 0 Å². The molecule has 0 amide bonds. The summed E-state index contributed by atoms with van der Waals surface area (Å²) in [5, 5.41) is 9.84. The number of hydrogen-bond acceptors (Lipinski definition) is 3. The van der Waals surface area contributed by atoms with Crippen molar-refractivity contribution in [2.45, 2.75) is 37.1 Å². The summed E-state index contributed by atoms with van der Waals surface area (Å²) in [7, 11) is -3.64. The third-order valence-corrected chi connectivity index (χ3v) is 6.16. The maximum Gasteiger partial charge on any atom is 0.335 e. The highest BCUT2D eigenvalue weighted by atomic mass is 35.5. The van der Waals surface area contributed by atoms with E-state index in [-0.39, 0.29) is 10.9 Å². The largest absolute Gasteiger partial charge is 0.478 e. The quantitative estimate of drug-likeness (QED) is 0.854. The molecule has 0 spiro atoms. The normalized spacial score (nSPS) is 17.1. The first-order chi connectivity index (χ1) is 11.8. The standard InChI is InChI=1S/C18H18ClNO4S/c1-11-8-12-10-14(4-7-16(12)17(9-11)18(21)22)20-25(23,24)15-5-2-13(19)3-6-15/h2-3,5-6,8-9,14,20H,4,7,10H2,1H3,(H,21,22). The van der Waals surface area contributed by atoms with Crippen LogP contribution in [0.4, 0.5) is 0 Å². The molecule has 2 N–H and O–H groups in total. The van der Waals surface area contributed by atoms with Crippen LogP contribution >= 0.6 is 11.6 Å². The summed E-state index contributed by atoms with van der Waals surface area (Å²) in [4.78, 5) is 11.6. The first-order valence-corrected chi connectivity index (χ1v) is 9.76. The Balaban J connectivity index is 1.84. The van der Waals surface area contributed by atoms with Gasteiger partial charge in [-0.1, -0.05) is 17.7 Å². The Hall–Kier alpha value is -1.89. The van der Waals surface area contributed by atoms with E-state index in [9.17, 15) is 18.3 Å². The van der Waals surface area contributed by atoms with E-state index in [0.717, 1.165) is 16.7 Å². The molecular weight excluding hydrogens is 362 g/mol. The molecule has 7 heteroatoms. The topological polar surface area (TPSA) is 83.5 Å². The minimum absolute atomic E-state index is 0.165. The van der Waals surface area contributed by atoms with Gasteiger partial charge >= 0.3 is 5.97 Å². The van der Waals surface area contributed by atoms with Crippen molar-refractivity contribution in [3.05, 3.63) is 63.7 Å². The summed E-state index contributed by atoms with van der Waals surface area (Å²) < 4.78 is 27.8. The van der Waals surface area contributed by atoms with Gasteiger partial charge in [-0.05, 0) is 73.2 Å². The van der Waals surface area contributed by atoms with Crippen LogP contribution in [-0.2, 0) is 22.9 Å². The maximum absolute atomic E-state index is 12.5. The van der Waals surface area contributed by atoms with Crippen molar-refractivity contribution in [2.24, 2.45) is 0 Å². The molecule has 0 heterocycles. The van der Waals surface area contributed by atoms with E-state index in [1.165, 1.54) is 24.3 Å². The van der Waals surface area contributed by atoms with E-state index < -0.39 is 16.0 Å². The summed E-state index contributed by atoms with van der Waals surface area (Å²) in [5.41, 5.74) is 2.87. The molecule has 132 valence electrons. The Morgan fingerprint density at radius 2 is 1.92 bits per heavy atom. The van der Waals surface area contributed by atoms with E-state index in [1.807, 2.05) is 13.0 Å². The molecule has 0 saturated heterocycles. The number of carboxylic acid groups (broad SMARTS) is 1. The molecule has 2 aromatic carbocycles. The van der Waals surface area contributed by atoms with Gasteiger partial charge in [-0.3, -0.25) is 0 Å². The number of aryl methyl sites for hydroxylation is 1. The second kappa shape index (κ2) is 6.78. The highest BCUT2D eigenvalue weighted by Crippen LogP contribution is 2.27. The monoisotopic (exact) mass is 379 g/mol. The maximum atomic E-state index is 12.5. The molecule has 0 radical (unpaired) electrons. The smallest absolute Gasteiger partial charge is 0.335 e. The number of carboxylic acids is 1. The molecule has 25 heavy (non-hydrogen) atoms. The van der Waals surface area contributed by atoms with Crippen molar-refractivity contribution in [1.82, 2.24) is 4.72 Å². The lowest BCUT2D eigenvalue weighted by Crippen LogP contribution is -2.39.